The van der Waals surface area contributed by atoms with E-state index in [1.165, 1.54) is 31.4 Å². The van der Waals surface area contributed by atoms with Crippen LogP contribution in [0.2, 0.25) is 0 Å². The van der Waals surface area contributed by atoms with Crippen LogP contribution in [0.4, 0.5) is 8.78 Å². The molecule has 0 saturated carbocycles. The number of hydrogen-bond acceptors (Lipinski definition) is 6. The van der Waals surface area contributed by atoms with Crippen molar-refractivity contribution < 1.29 is 37.4 Å². The van der Waals surface area contributed by atoms with E-state index < -0.39 is 37.1 Å². The van der Waals surface area contributed by atoms with Gasteiger partial charge in [0.05, 0.1) is 7.11 Å². The quantitative estimate of drug-likeness (QED) is 0.667. The number of hydrogen-bond donors (Lipinski definition) is 1. The lowest BCUT2D eigenvalue weighted by atomic mass is 9.99. The number of benzene rings is 1. The van der Waals surface area contributed by atoms with Crippen LogP contribution in [0.15, 0.2) is 24.3 Å². The molecule has 0 saturated heterocycles. The number of para-hydroxylation sites is 1. The highest BCUT2D eigenvalue weighted by Gasteiger charge is 2.27. The third kappa shape index (κ3) is 6.30. The molecule has 7 nitrogen and oxygen atoms in total. The Hall–Kier alpha value is -2.71. The van der Waals surface area contributed by atoms with E-state index in [1.54, 1.807) is 6.92 Å². The number of carbonyl (C=O) groups is 3. The summed E-state index contributed by atoms with van der Waals surface area (Å²) >= 11 is 0. The van der Waals surface area contributed by atoms with Gasteiger partial charge in [-0.15, -0.1) is 0 Å². The molecule has 0 aliphatic rings. The predicted octanol–water partition coefficient (Wildman–Crippen LogP) is 2.15. The fraction of sp³-hybridized carbons (Fsp3) is 0.471. The van der Waals surface area contributed by atoms with Gasteiger partial charge >= 0.3 is 18.6 Å². The maximum atomic E-state index is 12.4. The van der Waals surface area contributed by atoms with Crippen LogP contribution in [0.5, 0.6) is 5.75 Å². The van der Waals surface area contributed by atoms with Crippen molar-refractivity contribution in [3.63, 3.8) is 0 Å². The summed E-state index contributed by atoms with van der Waals surface area (Å²) in [5, 5.41) is 2.43. The van der Waals surface area contributed by atoms with Crippen LogP contribution in [-0.4, -0.2) is 44.2 Å². The minimum Gasteiger partial charge on any atom is -0.467 e. The van der Waals surface area contributed by atoms with Gasteiger partial charge in [-0.3, -0.25) is 4.79 Å². The van der Waals surface area contributed by atoms with E-state index in [0.29, 0.717) is 6.42 Å². The Morgan fingerprint density at radius 3 is 2.42 bits per heavy atom. The number of alkyl halides is 2. The summed E-state index contributed by atoms with van der Waals surface area (Å²) in [5.74, 6) is -2.90. The monoisotopic (exact) mass is 373 g/mol. The largest absolute Gasteiger partial charge is 0.467 e. The van der Waals surface area contributed by atoms with Gasteiger partial charge in [0.1, 0.15) is 17.4 Å². The lowest BCUT2D eigenvalue weighted by Gasteiger charge is -2.21. The molecule has 26 heavy (non-hydrogen) atoms. The van der Waals surface area contributed by atoms with E-state index in [0.717, 1.165) is 0 Å². The summed E-state index contributed by atoms with van der Waals surface area (Å²) in [7, 11) is 1.20. The second-order valence-corrected chi connectivity index (χ2v) is 5.40. The van der Waals surface area contributed by atoms with Crippen molar-refractivity contribution in [2.45, 2.75) is 32.9 Å². The van der Waals surface area contributed by atoms with Gasteiger partial charge < -0.3 is 19.5 Å². The SMILES string of the molecule is CCC(C)C(NC(=O)COC(=O)c1ccccc1OC(F)F)C(=O)OC. The first-order valence-corrected chi connectivity index (χ1v) is 7.88. The normalized spacial score (nSPS) is 12.8. The molecule has 1 aromatic carbocycles. The van der Waals surface area contributed by atoms with E-state index in [-0.39, 0.29) is 17.2 Å². The molecular formula is C17H21F2NO6. The molecule has 9 heteroatoms. The van der Waals surface area contributed by atoms with Gasteiger partial charge in [0, 0.05) is 0 Å². The molecule has 0 aromatic heterocycles. The van der Waals surface area contributed by atoms with Crippen LogP contribution in [0.1, 0.15) is 30.6 Å². The highest BCUT2D eigenvalue weighted by molar-refractivity contribution is 5.94. The molecule has 2 unspecified atom stereocenters. The molecule has 1 amide bonds. The predicted molar refractivity (Wildman–Crippen MR) is 86.8 cm³/mol. The van der Waals surface area contributed by atoms with E-state index in [9.17, 15) is 23.2 Å². The van der Waals surface area contributed by atoms with Crippen molar-refractivity contribution in [3.05, 3.63) is 29.8 Å². The molecule has 0 bridgehead atoms. The van der Waals surface area contributed by atoms with E-state index in [4.69, 9.17) is 4.74 Å². The molecule has 0 aliphatic carbocycles. The van der Waals surface area contributed by atoms with Gasteiger partial charge in [0.15, 0.2) is 6.61 Å². The van der Waals surface area contributed by atoms with Crippen LogP contribution in [0, 0.1) is 5.92 Å². The molecule has 144 valence electrons. The van der Waals surface area contributed by atoms with Crippen molar-refractivity contribution in [1.29, 1.82) is 0 Å². The Kier molecular flexibility index (Phi) is 8.47. The average Bonchev–Trinajstić information content (AvgIpc) is 2.62. The Labute approximate surface area is 149 Å². The van der Waals surface area contributed by atoms with Crippen molar-refractivity contribution in [3.8, 4) is 5.75 Å². The number of carbonyl (C=O) groups excluding carboxylic acids is 3. The summed E-state index contributed by atoms with van der Waals surface area (Å²) < 4.78 is 38.4. The lowest BCUT2D eigenvalue weighted by Crippen LogP contribution is -2.47. The van der Waals surface area contributed by atoms with Gasteiger partial charge in [-0.2, -0.15) is 8.78 Å². The topological polar surface area (TPSA) is 90.9 Å². The summed E-state index contributed by atoms with van der Waals surface area (Å²) in [6.45, 7) is -0.201. The number of ether oxygens (including phenoxy) is 3. The standard InChI is InChI=1S/C17H21F2NO6/c1-4-10(2)14(16(23)24-3)20-13(21)9-25-15(22)11-7-5-6-8-12(11)26-17(18)19/h5-8,10,14,17H,4,9H2,1-3H3,(H,20,21). The Balaban J connectivity index is 2.69. The molecule has 2 atom stereocenters. The van der Waals surface area contributed by atoms with Crippen LogP contribution < -0.4 is 10.1 Å². The minimum atomic E-state index is -3.11. The highest BCUT2D eigenvalue weighted by Crippen LogP contribution is 2.21. The summed E-state index contributed by atoms with van der Waals surface area (Å²) in [6, 6.07) is 4.37. The molecule has 0 radical (unpaired) electrons. The first-order valence-electron chi connectivity index (χ1n) is 7.88. The molecular weight excluding hydrogens is 352 g/mol. The maximum Gasteiger partial charge on any atom is 0.387 e. The van der Waals surface area contributed by atoms with Crippen LogP contribution in [0.25, 0.3) is 0 Å². The molecule has 0 spiro atoms. The molecule has 1 rings (SSSR count). The lowest BCUT2D eigenvalue weighted by molar-refractivity contribution is -0.147. The Morgan fingerprint density at radius 1 is 1.19 bits per heavy atom. The molecule has 1 aromatic rings. The highest BCUT2D eigenvalue weighted by atomic mass is 19.3. The van der Waals surface area contributed by atoms with E-state index >= 15 is 0 Å². The smallest absolute Gasteiger partial charge is 0.387 e. The fourth-order valence-corrected chi connectivity index (χ4v) is 2.05. The zero-order chi connectivity index (χ0) is 19.7. The first-order chi connectivity index (χ1) is 12.3. The summed E-state index contributed by atoms with van der Waals surface area (Å²) in [5.41, 5.74) is -0.243. The van der Waals surface area contributed by atoms with E-state index in [2.05, 4.69) is 14.8 Å². The second kappa shape index (κ2) is 10.3. The van der Waals surface area contributed by atoms with Crippen molar-refractivity contribution in [2.75, 3.05) is 13.7 Å². The summed E-state index contributed by atoms with van der Waals surface area (Å²) in [6.07, 6.45) is 0.609. The van der Waals surface area contributed by atoms with Crippen LogP contribution in [-0.2, 0) is 19.1 Å². The Bertz CT molecular complexity index is 637. The molecule has 0 fully saturated rings. The second-order valence-electron chi connectivity index (χ2n) is 5.40. The Morgan fingerprint density at radius 2 is 1.85 bits per heavy atom. The third-order valence-corrected chi connectivity index (χ3v) is 3.64. The van der Waals surface area contributed by atoms with Gasteiger partial charge in [-0.25, -0.2) is 9.59 Å². The molecule has 0 heterocycles. The zero-order valence-electron chi connectivity index (χ0n) is 14.7. The van der Waals surface area contributed by atoms with Gasteiger partial charge in [-0.05, 0) is 18.1 Å². The van der Waals surface area contributed by atoms with Crippen molar-refractivity contribution in [1.82, 2.24) is 5.32 Å². The number of methoxy groups -OCH3 is 1. The van der Waals surface area contributed by atoms with Crippen molar-refractivity contribution >= 4 is 17.8 Å². The van der Waals surface area contributed by atoms with Crippen molar-refractivity contribution in [2.24, 2.45) is 5.92 Å². The van der Waals surface area contributed by atoms with Gasteiger partial charge in [-0.1, -0.05) is 32.4 Å². The summed E-state index contributed by atoms with van der Waals surface area (Å²) in [4.78, 5) is 35.7. The number of rotatable bonds is 9. The van der Waals surface area contributed by atoms with Crippen LogP contribution in [0.3, 0.4) is 0 Å². The fourth-order valence-electron chi connectivity index (χ4n) is 2.05. The van der Waals surface area contributed by atoms with E-state index in [1.807, 2.05) is 6.92 Å². The molecule has 1 N–H and O–H groups in total. The third-order valence-electron chi connectivity index (χ3n) is 3.64. The first kappa shape index (κ1) is 21.3. The minimum absolute atomic E-state index is 0.192. The maximum absolute atomic E-state index is 12.4. The average molecular weight is 373 g/mol. The number of amides is 1. The van der Waals surface area contributed by atoms with Crippen LogP contribution >= 0.6 is 0 Å². The van der Waals surface area contributed by atoms with Gasteiger partial charge in [0.2, 0.25) is 0 Å². The number of halogens is 2. The van der Waals surface area contributed by atoms with Gasteiger partial charge in [0.25, 0.3) is 5.91 Å². The number of esters is 2. The zero-order valence-corrected chi connectivity index (χ0v) is 14.7. The molecule has 0 aliphatic heterocycles. The number of nitrogens with one attached hydrogen (secondary N) is 1.